The van der Waals surface area contributed by atoms with Crippen molar-refractivity contribution in [1.82, 2.24) is 15.5 Å². The average molecular weight is 382 g/mol. The first-order valence-electron chi connectivity index (χ1n) is 8.72. The molecule has 0 radical (unpaired) electrons. The number of amides is 1. The SMILES string of the molecule is CCNC(=NCC(=O)N(C)CC(F)(F)F)NC1CCCC(SCC)C1. The third-order valence-corrected chi connectivity index (χ3v) is 5.16. The highest BCUT2D eigenvalue weighted by Crippen LogP contribution is 2.28. The summed E-state index contributed by atoms with van der Waals surface area (Å²) in [6.45, 7) is 3.12. The van der Waals surface area contributed by atoms with Gasteiger partial charge in [-0.2, -0.15) is 24.9 Å². The summed E-state index contributed by atoms with van der Waals surface area (Å²) in [6.07, 6.45) is 0.0238. The molecule has 0 spiro atoms. The molecule has 0 aromatic heterocycles. The number of hydrogen-bond donors (Lipinski definition) is 2. The molecule has 0 aromatic carbocycles. The van der Waals surface area contributed by atoms with E-state index in [1.807, 2.05) is 18.7 Å². The summed E-state index contributed by atoms with van der Waals surface area (Å²) in [5.74, 6) is 0.923. The Balaban J connectivity index is 2.57. The van der Waals surface area contributed by atoms with E-state index in [1.54, 1.807) is 0 Å². The first-order chi connectivity index (χ1) is 11.7. The van der Waals surface area contributed by atoms with Crippen LogP contribution in [0.1, 0.15) is 39.5 Å². The van der Waals surface area contributed by atoms with Gasteiger partial charge in [0.05, 0.1) is 0 Å². The standard InChI is InChI=1S/C16H29F3N4OS/c1-4-20-15(21-10-14(24)23(3)11-16(17,18)19)22-12-7-6-8-13(9-12)25-5-2/h12-13H,4-11H2,1-3H3,(H2,20,21,22). The molecule has 2 atom stereocenters. The molecule has 1 aliphatic rings. The van der Waals surface area contributed by atoms with E-state index in [-0.39, 0.29) is 12.6 Å². The fraction of sp³-hybridized carbons (Fsp3) is 0.875. The molecule has 1 aliphatic carbocycles. The number of carbonyl (C=O) groups excluding carboxylic acids is 1. The first-order valence-corrected chi connectivity index (χ1v) is 9.77. The van der Waals surface area contributed by atoms with Gasteiger partial charge < -0.3 is 15.5 Å². The molecule has 146 valence electrons. The van der Waals surface area contributed by atoms with Gasteiger partial charge in [0.2, 0.25) is 5.91 Å². The van der Waals surface area contributed by atoms with Gasteiger partial charge in [0.25, 0.3) is 0 Å². The second-order valence-corrected chi connectivity index (χ2v) is 7.72. The number of carbonyl (C=O) groups is 1. The highest BCUT2D eigenvalue weighted by Gasteiger charge is 2.31. The predicted molar refractivity (Wildman–Crippen MR) is 97.0 cm³/mol. The van der Waals surface area contributed by atoms with Gasteiger partial charge in [-0.15, -0.1) is 0 Å². The number of likely N-dealkylation sites (N-methyl/N-ethyl adjacent to an activating group) is 1. The largest absolute Gasteiger partial charge is 0.406 e. The average Bonchev–Trinajstić information content (AvgIpc) is 2.51. The number of thioether (sulfide) groups is 1. The molecule has 25 heavy (non-hydrogen) atoms. The van der Waals surface area contributed by atoms with E-state index in [0.29, 0.717) is 22.7 Å². The third-order valence-electron chi connectivity index (χ3n) is 3.93. The fourth-order valence-corrected chi connectivity index (χ4v) is 3.97. The van der Waals surface area contributed by atoms with E-state index in [9.17, 15) is 18.0 Å². The highest BCUT2D eigenvalue weighted by atomic mass is 32.2. The zero-order chi connectivity index (χ0) is 18.9. The quantitative estimate of drug-likeness (QED) is 0.525. The molecule has 2 unspecified atom stereocenters. The number of rotatable bonds is 7. The lowest BCUT2D eigenvalue weighted by molar-refractivity contribution is -0.157. The van der Waals surface area contributed by atoms with E-state index in [2.05, 4.69) is 22.5 Å². The molecule has 1 fully saturated rings. The van der Waals surface area contributed by atoms with Crippen molar-refractivity contribution in [2.75, 3.05) is 32.4 Å². The maximum absolute atomic E-state index is 12.3. The molecule has 0 heterocycles. The number of nitrogens with zero attached hydrogens (tertiary/aromatic N) is 2. The summed E-state index contributed by atoms with van der Waals surface area (Å²) in [4.78, 5) is 16.6. The minimum Gasteiger partial charge on any atom is -0.357 e. The van der Waals surface area contributed by atoms with Crippen molar-refractivity contribution in [2.24, 2.45) is 4.99 Å². The van der Waals surface area contributed by atoms with Crippen LogP contribution in [0.5, 0.6) is 0 Å². The molecule has 1 amide bonds. The van der Waals surface area contributed by atoms with Crippen molar-refractivity contribution in [3.05, 3.63) is 0 Å². The lowest BCUT2D eigenvalue weighted by Gasteiger charge is -2.30. The van der Waals surface area contributed by atoms with Crippen LogP contribution in [-0.4, -0.2) is 66.7 Å². The Morgan fingerprint density at radius 2 is 2.04 bits per heavy atom. The Morgan fingerprint density at radius 3 is 2.64 bits per heavy atom. The van der Waals surface area contributed by atoms with E-state index in [4.69, 9.17) is 0 Å². The van der Waals surface area contributed by atoms with Gasteiger partial charge in [-0.3, -0.25) is 4.79 Å². The Labute approximate surface area is 152 Å². The first kappa shape index (κ1) is 21.9. The van der Waals surface area contributed by atoms with Crippen molar-refractivity contribution in [3.63, 3.8) is 0 Å². The summed E-state index contributed by atoms with van der Waals surface area (Å²) in [6, 6.07) is 0.276. The van der Waals surface area contributed by atoms with E-state index < -0.39 is 18.6 Å². The third kappa shape index (κ3) is 9.23. The topological polar surface area (TPSA) is 56.7 Å². The summed E-state index contributed by atoms with van der Waals surface area (Å²) in [7, 11) is 1.14. The lowest BCUT2D eigenvalue weighted by atomic mass is 9.95. The Hall–Kier alpha value is -1.12. The van der Waals surface area contributed by atoms with E-state index in [0.717, 1.165) is 32.1 Å². The monoisotopic (exact) mass is 382 g/mol. The minimum absolute atomic E-state index is 0.276. The maximum Gasteiger partial charge on any atom is 0.406 e. The Kier molecular flexibility index (Phi) is 9.45. The zero-order valence-corrected chi connectivity index (χ0v) is 16.0. The molecular formula is C16H29F3N4OS. The van der Waals surface area contributed by atoms with Crippen molar-refractivity contribution in [3.8, 4) is 0 Å². The van der Waals surface area contributed by atoms with Crippen molar-refractivity contribution in [2.45, 2.75) is 57.0 Å². The van der Waals surface area contributed by atoms with Crippen molar-refractivity contribution in [1.29, 1.82) is 0 Å². The van der Waals surface area contributed by atoms with Crippen LogP contribution in [-0.2, 0) is 4.79 Å². The number of aliphatic imine (C=N–C) groups is 1. The number of guanidine groups is 1. The Morgan fingerprint density at radius 1 is 1.32 bits per heavy atom. The predicted octanol–water partition coefficient (Wildman–Crippen LogP) is 2.63. The molecular weight excluding hydrogens is 353 g/mol. The molecule has 1 rings (SSSR count). The van der Waals surface area contributed by atoms with Gasteiger partial charge in [0.15, 0.2) is 5.96 Å². The van der Waals surface area contributed by atoms with Gasteiger partial charge in [-0.05, 0) is 31.9 Å². The minimum atomic E-state index is -4.40. The number of hydrogen-bond acceptors (Lipinski definition) is 3. The van der Waals surface area contributed by atoms with Gasteiger partial charge in [0, 0.05) is 24.9 Å². The van der Waals surface area contributed by atoms with Crippen LogP contribution >= 0.6 is 11.8 Å². The van der Waals surface area contributed by atoms with Gasteiger partial charge in [-0.1, -0.05) is 13.3 Å². The molecule has 2 N–H and O–H groups in total. The summed E-state index contributed by atoms with van der Waals surface area (Å²) < 4.78 is 37.0. The smallest absolute Gasteiger partial charge is 0.357 e. The lowest BCUT2D eigenvalue weighted by Crippen LogP contribution is -2.46. The number of alkyl halides is 3. The van der Waals surface area contributed by atoms with E-state index >= 15 is 0 Å². The van der Waals surface area contributed by atoms with Crippen LogP contribution in [0.2, 0.25) is 0 Å². The van der Waals surface area contributed by atoms with Crippen LogP contribution in [0, 0.1) is 0 Å². The van der Waals surface area contributed by atoms with Gasteiger partial charge >= 0.3 is 6.18 Å². The molecule has 1 saturated carbocycles. The van der Waals surface area contributed by atoms with Crippen LogP contribution in [0.4, 0.5) is 13.2 Å². The number of halogens is 3. The number of nitrogens with one attached hydrogen (secondary N) is 2. The van der Waals surface area contributed by atoms with Crippen molar-refractivity contribution >= 4 is 23.6 Å². The van der Waals surface area contributed by atoms with Crippen LogP contribution in [0.25, 0.3) is 0 Å². The maximum atomic E-state index is 12.3. The van der Waals surface area contributed by atoms with Crippen LogP contribution in [0.3, 0.4) is 0 Å². The second-order valence-electron chi connectivity index (χ2n) is 6.15. The second kappa shape index (κ2) is 10.8. The summed E-state index contributed by atoms with van der Waals surface area (Å²) >= 11 is 1.96. The van der Waals surface area contributed by atoms with E-state index in [1.165, 1.54) is 6.42 Å². The molecule has 0 bridgehead atoms. The normalized spacial score (nSPS) is 21.8. The molecule has 9 heteroatoms. The van der Waals surface area contributed by atoms with Crippen LogP contribution in [0.15, 0.2) is 4.99 Å². The molecule has 0 aliphatic heterocycles. The Bertz CT molecular complexity index is 444. The summed E-state index contributed by atoms with van der Waals surface area (Å²) in [5, 5.41) is 7.00. The highest BCUT2D eigenvalue weighted by molar-refractivity contribution is 7.99. The van der Waals surface area contributed by atoms with Gasteiger partial charge in [0.1, 0.15) is 13.1 Å². The fourth-order valence-electron chi connectivity index (χ4n) is 2.80. The summed E-state index contributed by atoms with van der Waals surface area (Å²) in [5.41, 5.74) is 0. The molecule has 5 nitrogen and oxygen atoms in total. The van der Waals surface area contributed by atoms with Gasteiger partial charge in [-0.25, -0.2) is 4.99 Å². The molecule has 0 aromatic rings. The zero-order valence-electron chi connectivity index (χ0n) is 15.2. The molecule has 0 saturated heterocycles. The van der Waals surface area contributed by atoms with Crippen LogP contribution < -0.4 is 10.6 Å². The van der Waals surface area contributed by atoms with Crippen molar-refractivity contribution < 1.29 is 18.0 Å².